The quantitative estimate of drug-likeness (QED) is 0.834. The van der Waals surface area contributed by atoms with E-state index in [1.54, 1.807) is 0 Å². The summed E-state index contributed by atoms with van der Waals surface area (Å²) < 4.78 is 87.9. The van der Waals surface area contributed by atoms with Crippen LogP contribution in [0.4, 0.5) is 13.2 Å². The topological polar surface area (TPSA) is 82.4 Å². The Labute approximate surface area is 130 Å². The zero-order valence-corrected chi connectivity index (χ0v) is 12.9. The van der Waals surface area contributed by atoms with Gasteiger partial charge in [0.1, 0.15) is 20.0 Å². The molecule has 10 heteroatoms. The van der Waals surface area contributed by atoms with Crippen molar-refractivity contribution in [3.8, 4) is 0 Å². The first-order valence-corrected chi connectivity index (χ1v) is 8.87. The Kier molecular flexibility index (Phi) is 4.51. The van der Waals surface area contributed by atoms with Crippen molar-refractivity contribution in [1.82, 2.24) is 0 Å². The van der Waals surface area contributed by atoms with E-state index in [2.05, 4.69) is 4.13 Å². The molecule has 2 rings (SSSR count). The fourth-order valence-electron chi connectivity index (χ4n) is 1.62. The molecular weight excluding hydrogens is 355 g/mol. The van der Waals surface area contributed by atoms with E-state index < -0.39 is 36.7 Å². The third kappa shape index (κ3) is 4.09. The minimum absolute atomic E-state index is 0.338. The minimum Gasteiger partial charge on any atom is -0.428 e. The molecule has 2 aromatic carbocycles. The number of benzene rings is 2. The van der Waals surface area contributed by atoms with E-state index in [0.717, 1.165) is 12.1 Å². The second kappa shape index (κ2) is 5.95. The number of alkyl halides is 3. The van der Waals surface area contributed by atoms with Crippen molar-refractivity contribution in [2.45, 2.75) is 16.0 Å². The maximum Gasteiger partial charge on any atom is 0.416 e. The van der Waals surface area contributed by atoms with Gasteiger partial charge in [0.2, 0.25) is 0 Å². The number of hydrogen-bond acceptors (Lipinski definition) is 4. The Balaban J connectivity index is 2.33. The van der Waals surface area contributed by atoms with Gasteiger partial charge in [-0.05, 0) is 36.4 Å². The normalized spacial score (nSPS) is 13.0. The molecule has 2 aromatic rings. The van der Waals surface area contributed by atoms with Gasteiger partial charge in [-0.3, -0.25) is 0 Å². The molecule has 23 heavy (non-hydrogen) atoms. The summed E-state index contributed by atoms with van der Waals surface area (Å²) in [7, 11) is -9.15. The molecule has 0 heterocycles. The lowest BCUT2D eigenvalue weighted by Gasteiger charge is -2.21. The minimum atomic E-state index is -4.66. The second-order valence-electron chi connectivity index (χ2n) is 4.36. The van der Waals surface area contributed by atoms with Gasteiger partial charge in [-0.15, -0.1) is 0 Å². The first kappa shape index (κ1) is 17.4. The Bertz CT molecular complexity index is 890. The molecule has 0 fully saturated rings. The molecule has 0 aliphatic heterocycles. The molecule has 124 valence electrons. The maximum atomic E-state index is 12.4. The van der Waals surface area contributed by atoms with Crippen LogP contribution in [0.1, 0.15) is 5.56 Å². The van der Waals surface area contributed by atoms with Crippen LogP contribution in [0, 0.1) is 0 Å². The molecule has 0 spiro atoms. The average molecular weight is 364 g/mol. The Morgan fingerprint density at radius 2 is 1.13 bits per heavy atom. The van der Waals surface area contributed by atoms with Crippen LogP contribution in [0.3, 0.4) is 0 Å². The lowest BCUT2D eigenvalue weighted by molar-refractivity contribution is -0.137. The average Bonchev–Trinajstić information content (AvgIpc) is 2.46. The number of sulfonamides is 2. The smallest absolute Gasteiger partial charge is 0.416 e. The maximum absolute atomic E-state index is 12.4. The van der Waals surface area contributed by atoms with E-state index in [1.165, 1.54) is 18.2 Å². The van der Waals surface area contributed by atoms with E-state index in [-0.39, 0.29) is 4.90 Å². The van der Waals surface area contributed by atoms with Gasteiger partial charge < -0.3 is 4.13 Å². The van der Waals surface area contributed by atoms with Crippen molar-refractivity contribution < 1.29 is 30.0 Å². The summed E-state index contributed by atoms with van der Waals surface area (Å²) in [6, 6.07) is 8.99. The highest BCUT2D eigenvalue weighted by molar-refractivity contribution is 8.12. The Hall–Kier alpha value is -1.91. The van der Waals surface area contributed by atoms with Crippen molar-refractivity contribution >= 4 is 20.0 Å². The van der Waals surface area contributed by atoms with Crippen LogP contribution in [0.15, 0.2) is 64.4 Å². The zero-order valence-electron chi connectivity index (χ0n) is 11.2. The van der Waals surface area contributed by atoms with Gasteiger partial charge in [0.25, 0.3) is 0 Å². The first-order valence-electron chi connectivity index (χ1n) is 5.99. The van der Waals surface area contributed by atoms with Gasteiger partial charge in [-0.1, -0.05) is 18.2 Å². The van der Waals surface area contributed by atoms with Crippen molar-refractivity contribution in [3.63, 3.8) is 0 Å². The number of rotatable bonds is 4. The van der Waals surface area contributed by atoms with E-state index in [0.29, 0.717) is 24.3 Å². The highest BCUT2D eigenvalue weighted by atomic mass is 32.3. The van der Waals surface area contributed by atoms with Gasteiger partial charge in [0, 0.05) is 9.79 Å². The van der Waals surface area contributed by atoms with Gasteiger partial charge >= 0.3 is 6.18 Å². The van der Waals surface area contributed by atoms with Crippen molar-refractivity contribution in [2.75, 3.05) is 0 Å². The molecule has 0 saturated carbocycles. The molecule has 5 nitrogen and oxygen atoms in total. The summed E-state index contributed by atoms with van der Waals surface area (Å²) in [5.74, 6) is 0. The van der Waals surface area contributed by atoms with Gasteiger partial charge in [0.05, 0.1) is 5.56 Å². The standard InChI is InChI=1S/C13H9F3NO4S2/c14-13(15,16)10-6-8-12(9-7-10)23(20,21)17-22(18,19)11-4-2-1-3-5-11/h1-9H/q-1. The molecule has 0 unspecified atom stereocenters. The van der Waals surface area contributed by atoms with Crippen molar-refractivity contribution in [3.05, 3.63) is 64.3 Å². The lowest BCUT2D eigenvalue weighted by Crippen LogP contribution is -2.09. The third-order valence-electron chi connectivity index (χ3n) is 2.72. The van der Waals surface area contributed by atoms with Crippen LogP contribution in [0.2, 0.25) is 0 Å². The molecule has 0 atom stereocenters. The number of halogens is 3. The fourth-order valence-corrected chi connectivity index (χ4v) is 4.33. The first-order chi connectivity index (χ1) is 10.5. The van der Waals surface area contributed by atoms with E-state index in [4.69, 9.17) is 0 Å². The zero-order chi connectivity index (χ0) is 17.3. The summed E-state index contributed by atoms with van der Waals surface area (Å²) in [6.45, 7) is 0. The van der Waals surface area contributed by atoms with E-state index in [9.17, 15) is 30.0 Å². The summed E-state index contributed by atoms with van der Waals surface area (Å²) in [5, 5.41) is 0. The highest BCUT2D eigenvalue weighted by Gasteiger charge is 2.30. The van der Waals surface area contributed by atoms with Crippen molar-refractivity contribution in [1.29, 1.82) is 0 Å². The molecule has 0 radical (unpaired) electrons. The van der Waals surface area contributed by atoms with Crippen molar-refractivity contribution in [2.24, 2.45) is 0 Å². The molecular formula is C13H9F3NO4S2-. The molecule has 0 aliphatic carbocycles. The monoisotopic (exact) mass is 364 g/mol. The van der Waals surface area contributed by atoms with Crippen LogP contribution in [0.25, 0.3) is 4.13 Å². The molecule has 0 N–H and O–H groups in total. The van der Waals surface area contributed by atoms with Gasteiger partial charge in [-0.2, -0.15) is 13.2 Å². The van der Waals surface area contributed by atoms with Crippen LogP contribution >= 0.6 is 0 Å². The molecule has 0 saturated heterocycles. The van der Waals surface area contributed by atoms with E-state index >= 15 is 0 Å². The van der Waals surface area contributed by atoms with Gasteiger partial charge in [0.15, 0.2) is 0 Å². The Morgan fingerprint density at radius 1 is 0.696 bits per heavy atom. The lowest BCUT2D eigenvalue weighted by atomic mass is 10.2. The largest absolute Gasteiger partial charge is 0.428 e. The van der Waals surface area contributed by atoms with Crippen LogP contribution in [0.5, 0.6) is 0 Å². The summed E-state index contributed by atoms with van der Waals surface area (Å²) in [6.07, 6.45) is -4.63. The van der Waals surface area contributed by atoms with Crippen LogP contribution < -0.4 is 0 Å². The Morgan fingerprint density at radius 3 is 1.57 bits per heavy atom. The second-order valence-corrected chi connectivity index (χ2v) is 7.80. The number of nitrogens with zero attached hydrogens (tertiary/aromatic N) is 1. The SMILES string of the molecule is O=S(=O)([N-]S(=O)(=O)c1ccc(C(F)(F)F)cc1)c1ccccc1. The molecule has 0 amide bonds. The predicted molar refractivity (Wildman–Crippen MR) is 75.6 cm³/mol. The van der Waals surface area contributed by atoms with E-state index in [1.807, 2.05) is 0 Å². The van der Waals surface area contributed by atoms with Gasteiger partial charge in [-0.25, -0.2) is 16.8 Å². The van der Waals surface area contributed by atoms with Crippen LogP contribution in [-0.2, 0) is 26.2 Å². The molecule has 0 aromatic heterocycles. The van der Waals surface area contributed by atoms with Crippen LogP contribution in [-0.4, -0.2) is 16.8 Å². The highest BCUT2D eigenvalue weighted by Crippen LogP contribution is 2.31. The summed E-state index contributed by atoms with van der Waals surface area (Å²) >= 11 is 0. The summed E-state index contributed by atoms with van der Waals surface area (Å²) in [5.41, 5.74) is -1.05. The third-order valence-corrected chi connectivity index (χ3v) is 6.02. The number of hydrogen-bond donors (Lipinski definition) is 0. The predicted octanol–water partition coefficient (Wildman–Crippen LogP) is 3.16. The molecule has 0 bridgehead atoms. The molecule has 0 aliphatic rings. The summed E-state index contributed by atoms with van der Waals surface area (Å²) in [4.78, 5) is -0.986. The fraction of sp³-hybridized carbons (Fsp3) is 0.0769.